The Morgan fingerprint density at radius 3 is 2.21 bits per heavy atom. The average Bonchev–Trinajstić information content (AvgIpc) is 2.58. The molecule has 0 aromatic heterocycles. The lowest BCUT2D eigenvalue weighted by Crippen LogP contribution is -2.41. The number of ether oxygens (including phenoxy) is 1. The van der Waals surface area contributed by atoms with Gasteiger partial charge in [-0.3, -0.25) is 5.32 Å². The smallest absolute Gasteiger partial charge is 0.444 e. The van der Waals surface area contributed by atoms with Gasteiger partial charge in [0.25, 0.3) is 0 Å². The van der Waals surface area contributed by atoms with Gasteiger partial charge in [-0.2, -0.15) is 0 Å². The predicted octanol–water partition coefficient (Wildman–Crippen LogP) is 3.47. The minimum atomic E-state index is -0.838. The number of amides is 1. The molecule has 5 nitrogen and oxygen atoms in total. The van der Waals surface area contributed by atoms with Crippen molar-refractivity contribution in [1.82, 2.24) is 0 Å². The number of anilines is 1. The maximum atomic E-state index is 14.2. The van der Waals surface area contributed by atoms with Crippen molar-refractivity contribution in [3.8, 4) is 0 Å². The summed E-state index contributed by atoms with van der Waals surface area (Å²) in [6.07, 6.45) is -0.603. The first-order valence-corrected chi connectivity index (χ1v) is 7.96. The van der Waals surface area contributed by atoms with Crippen LogP contribution in [0.2, 0.25) is 0 Å². The first-order chi connectivity index (χ1) is 10.8. The van der Waals surface area contributed by atoms with Gasteiger partial charge in [-0.25, -0.2) is 9.18 Å². The van der Waals surface area contributed by atoms with Gasteiger partial charge in [0, 0.05) is 11.2 Å². The van der Waals surface area contributed by atoms with E-state index < -0.39 is 35.8 Å². The predicted molar refractivity (Wildman–Crippen MR) is 92.0 cm³/mol. The number of carbonyl (C=O) groups excluding carboxylic acids is 1. The Bertz CT molecular complexity index is 624. The maximum absolute atomic E-state index is 14.2. The van der Waals surface area contributed by atoms with Crippen molar-refractivity contribution in [3.63, 3.8) is 0 Å². The lowest BCUT2D eigenvalue weighted by atomic mass is 9.78. The highest BCUT2D eigenvalue weighted by atomic mass is 19.1. The van der Waals surface area contributed by atoms with Crippen LogP contribution in [0.5, 0.6) is 0 Å². The largest absolute Gasteiger partial charge is 0.497 e. The molecule has 1 fully saturated rings. The normalized spacial score (nSPS) is 19.2. The molecule has 2 rings (SSSR count). The van der Waals surface area contributed by atoms with E-state index in [4.69, 9.17) is 14.0 Å². The third kappa shape index (κ3) is 4.08. The summed E-state index contributed by atoms with van der Waals surface area (Å²) < 4.78 is 31.2. The van der Waals surface area contributed by atoms with Gasteiger partial charge in [0.2, 0.25) is 0 Å². The summed E-state index contributed by atoms with van der Waals surface area (Å²) in [6.45, 7) is 12.9. The lowest BCUT2D eigenvalue weighted by Gasteiger charge is -2.32. The Morgan fingerprint density at radius 2 is 1.71 bits per heavy atom. The fourth-order valence-corrected chi connectivity index (χ4v) is 2.19. The van der Waals surface area contributed by atoms with Crippen LogP contribution in [0.15, 0.2) is 18.2 Å². The van der Waals surface area contributed by atoms with Crippen LogP contribution in [0.25, 0.3) is 0 Å². The van der Waals surface area contributed by atoms with E-state index in [-0.39, 0.29) is 5.46 Å². The number of nitrogens with one attached hydrogen (secondary N) is 1. The summed E-state index contributed by atoms with van der Waals surface area (Å²) in [7, 11) is -0.838. The first-order valence-electron chi connectivity index (χ1n) is 7.96. The van der Waals surface area contributed by atoms with Crippen LogP contribution in [0.1, 0.15) is 48.5 Å². The average molecular weight is 337 g/mol. The fourth-order valence-electron chi connectivity index (χ4n) is 2.19. The highest BCUT2D eigenvalue weighted by molar-refractivity contribution is 6.62. The molecule has 7 heteroatoms. The van der Waals surface area contributed by atoms with Crippen LogP contribution in [0, 0.1) is 5.82 Å². The molecule has 0 radical (unpaired) electrons. The van der Waals surface area contributed by atoms with Crippen LogP contribution in [0.4, 0.5) is 14.9 Å². The third-order valence-electron chi connectivity index (χ3n) is 4.15. The summed E-state index contributed by atoms with van der Waals surface area (Å²) in [5, 5.41) is 2.59. The molecule has 0 unspecified atom stereocenters. The van der Waals surface area contributed by atoms with Gasteiger partial charge >= 0.3 is 13.2 Å². The summed E-state index contributed by atoms with van der Waals surface area (Å²) in [5.74, 6) is -0.455. The van der Waals surface area contributed by atoms with Gasteiger partial charge in [-0.05, 0) is 66.7 Å². The molecule has 132 valence electrons. The summed E-state index contributed by atoms with van der Waals surface area (Å²) in [6, 6.07) is 4.24. The summed E-state index contributed by atoms with van der Waals surface area (Å²) in [5.41, 5.74) is -1.10. The molecule has 1 aromatic rings. The van der Waals surface area contributed by atoms with Crippen LogP contribution < -0.4 is 10.8 Å². The Labute approximate surface area is 143 Å². The second kappa shape index (κ2) is 6.04. The van der Waals surface area contributed by atoms with Gasteiger partial charge in [0.05, 0.1) is 11.2 Å². The van der Waals surface area contributed by atoms with Crippen LogP contribution in [-0.2, 0) is 14.0 Å². The quantitative estimate of drug-likeness (QED) is 0.840. The zero-order valence-electron chi connectivity index (χ0n) is 15.3. The van der Waals surface area contributed by atoms with Crippen LogP contribution >= 0.6 is 0 Å². The van der Waals surface area contributed by atoms with E-state index in [1.807, 2.05) is 27.7 Å². The molecule has 0 spiro atoms. The highest BCUT2D eigenvalue weighted by Gasteiger charge is 2.52. The molecule has 0 saturated carbocycles. The highest BCUT2D eigenvalue weighted by Crippen LogP contribution is 2.36. The molecule has 24 heavy (non-hydrogen) atoms. The van der Waals surface area contributed by atoms with Gasteiger partial charge < -0.3 is 14.0 Å². The van der Waals surface area contributed by atoms with E-state index in [2.05, 4.69) is 5.32 Å². The van der Waals surface area contributed by atoms with Crippen LogP contribution in [-0.4, -0.2) is 30.0 Å². The molecule has 1 aliphatic rings. The van der Waals surface area contributed by atoms with E-state index >= 15 is 0 Å². The number of hydrogen-bond acceptors (Lipinski definition) is 4. The van der Waals surface area contributed by atoms with Crippen molar-refractivity contribution >= 4 is 24.4 Å². The van der Waals surface area contributed by atoms with Crippen molar-refractivity contribution in [3.05, 3.63) is 24.0 Å². The number of rotatable bonds is 2. The molecule has 0 atom stereocenters. The number of hydrogen-bond donors (Lipinski definition) is 1. The monoisotopic (exact) mass is 337 g/mol. The topological polar surface area (TPSA) is 56.8 Å². The molecular formula is C17H25BFNO4. The zero-order valence-corrected chi connectivity index (χ0v) is 15.3. The fraction of sp³-hybridized carbons (Fsp3) is 0.588. The second-order valence-electron chi connectivity index (χ2n) is 7.95. The Balaban J connectivity index is 2.20. The Kier molecular flexibility index (Phi) is 4.72. The number of benzene rings is 1. The van der Waals surface area contributed by atoms with E-state index in [0.29, 0.717) is 5.69 Å². The van der Waals surface area contributed by atoms with Crippen molar-refractivity contribution in [2.75, 3.05) is 5.32 Å². The van der Waals surface area contributed by atoms with Gasteiger partial charge in [0.1, 0.15) is 11.4 Å². The molecule has 1 aliphatic heterocycles. The van der Waals surface area contributed by atoms with Crippen molar-refractivity contribution in [1.29, 1.82) is 0 Å². The van der Waals surface area contributed by atoms with E-state index in [9.17, 15) is 9.18 Å². The van der Waals surface area contributed by atoms with E-state index in [0.717, 1.165) is 0 Å². The van der Waals surface area contributed by atoms with Crippen molar-refractivity contribution in [2.45, 2.75) is 65.3 Å². The molecule has 1 amide bonds. The molecular weight excluding hydrogens is 312 g/mol. The van der Waals surface area contributed by atoms with Gasteiger partial charge in [0.15, 0.2) is 0 Å². The van der Waals surface area contributed by atoms with Crippen LogP contribution in [0.3, 0.4) is 0 Å². The van der Waals surface area contributed by atoms with Gasteiger partial charge in [-0.15, -0.1) is 0 Å². The Hall–Kier alpha value is -1.60. The first kappa shape index (κ1) is 18.7. The molecule has 1 heterocycles. The molecule has 1 N–H and O–H groups in total. The minimum Gasteiger partial charge on any atom is -0.444 e. The summed E-state index contributed by atoms with van der Waals surface area (Å²) >= 11 is 0. The summed E-state index contributed by atoms with van der Waals surface area (Å²) in [4.78, 5) is 11.9. The molecule has 0 bridgehead atoms. The third-order valence-corrected chi connectivity index (χ3v) is 4.15. The molecule has 1 aromatic carbocycles. The maximum Gasteiger partial charge on any atom is 0.497 e. The zero-order chi connectivity index (χ0) is 18.3. The number of halogens is 1. The SMILES string of the molecule is CC(C)(C)OC(=O)Nc1ccc(F)c(B2OC(C)(C)C(C)(C)O2)c1. The number of carbonyl (C=O) groups is 1. The van der Waals surface area contributed by atoms with E-state index in [1.54, 1.807) is 20.8 Å². The standard InChI is InChI=1S/C17H25BFNO4/c1-15(2,3)22-14(21)20-11-8-9-13(19)12(10-11)18-23-16(4,5)17(6,7)24-18/h8-10H,1-7H3,(H,20,21). The van der Waals surface area contributed by atoms with E-state index in [1.165, 1.54) is 18.2 Å². The minimum absolute atomic E-state index is 0.238. The Morgan fingerprint density at radius 1 is 1.17 bits per heavy atom. The molecule has 1 saturated heterocycles. The van der Waals surface area contributed by atoms with Crippen molar-refractivity contribution < 1.29 is 23.2 Å². The van der Waals surface area contributed by atoms with Gasteiger partial charge in [-0.1, -0.05) is 0 Å². The second-order valence-corrected chi connectivity index (χ2v) is 7.95. The van der Waals surface area contributed by atoms with Crippen molar-refractivity contribution in [2.24, 2.45) is 0 Å². The lowest BCUT2D eigenvalue weighted by molar-refractivity contribution is 0.00578. The molecule has 0 aliphatic carbocycles.